The molecule has 0 bridgehead atoms. The molecule has 0 radical (unpaired) electrons. The number of nitrogens with zero attached hydrogens (tertiary/aromatic N) is 2. The third kappa shape index (κ3) is 4.34. The van der Waals surface area contributed by atoms with Crippen LogP contribution in [-0.4, -0.2) is 34.4 Å². The molecule has 98 valence electrons. The molecule has 0 spiro atoms. The summed E-state index contributed by atoms with van der Waals surface area (Å²) in [6.45, 7) is 3.56. The van der Waals surface area contributed by atoms with Gasteiger partial charge >= 0.3 is 0 Å². The van der Waals surface area contributed by atoms with Crippen LogP contribution in [0.25, 0.3) is 0 Å². The van der Waals surface area contributed by atoms with Gasteiger partial charge in [-0.25, -0.2) is 10.8 Å². The van der Waals surface area contributed by atoms with Gasteiger partial charge in [0.25, 0.3) is 5.91 Å². The van der Waals surface area contributed by atoms with Crippen LogP contribution in [0.4, 0.5) is 5.82 Å². The lowest BCUT2D eigenvalue weighted by Crippen LogP contribution is -2.40. The Kier molecular flexibility index (Phi) is 5.00. The van der Waals surface area contributed by atoms with Crippen molar-refractivity contribution in [1.82, 2.24) is 20.6 Å². The lowest BCUT2D eigenvalue weighted by Gasteiger charge is -2.09. The smallest absolute Gasteiger partial charge is 0.272 e. The van der Waals surface area contributed by atoms with E-state index in [0.717, 1.165) is 0 Å². The average molecular weight is 252 g/mol. The van der Waals surface area contributed by atoms with Crippen LogP contribution in [0.5, 0.6) is 0 Å². The van der Waals surface area contributed by atoms with Gasteiger partial charge in [0.15, 0.2) is 5.82 Å². The third-order valence-electron chi connectivity index (χ3n) is 1.87. The minimum atomic E-state index is -0.487. The van der Waals surface area contributed by atoms with E-state index in [2.05, 4.69) is 26.0 Å². The molecule has 0 aliphatic rings. The first-order valence-corrected chi connectivity index (χ1v) is 5.39. The van der Waals surface area contributed by atoms with Crippen molar-refractivity contribution in [3.8, 4) is 0 Å². The molecule has 0 saturated heterocycles. The largest absolute Gasteiger partial charge is 0.352 e. The number of anilines is 1. The van der Waals surface area contributed by atoms with E-state index in [9.17, 15) is 9.59 Å². The van der Waals surface area contributed by atoms with Crippen molar-refractivity contribution in [2.45, 2.75) is 19.9 Å². The molecule has 8 nitrogen and oxygen atoms in total. The highest BCUT2D eigenvalue weighted by Crippen LogP contribution is 1.99. The summed E-state index contributed by atoms with van der Waals surface area (Å²) in [5.74, 6) is 4.67. The van der Waals surface area contributed by atoms with Crippen molar-refractivity contribution in [2.75, 3.05) is 12.0 Å². The number of amides is 2. The topological polar surface area (TPSA) is 122 Å². The summed E-state index contributed by atoms with van der Waals surface area (Å²) < 4.78 is 0. The number of nitrogens with one attached hydrogen (secondary N) is 3. The van der Waals surface area contributed by atoms with E-state index >= 15 is 0 Å². The fourth-order valence-corrected chi connectivity index (χ4v) is 1.17. The number of hydrogen-bond donors (Lipinski definition) is 4. The Bertz CT molecular complexity index is 434. The number of aromatic nitrogens is 2. The lowest BCUT2D eigenvalue weighted by molar-refractivity contribution is -0.120. The fraction of sp³-hybridized carbons (Fsp3) is 0.400. The molecular weight excluding hydrogens is 236 g/mol. The number of hydrogen-bond acceptors (Lipinski definition) is 6. The SMILES string of the molecule is CC(C)NC(=O)CNC(=O)c1cncc(NN)n1. The summed E-state index contributed by atoms with van der Waals surface area (Å²) in [5.41, 5.74) is 2.37. The van der Waals surface area contributed by atoms with Gasteiger partial charge in [-0.2, -0.15) is 0 Å². The summed E-state index contributed by atoms with van der Waals surface area (Å²) in [4.78, 5) is 30.6. The standard InChI is InChI=1S/C10H16N6O2/c1-6(2)14-9(17)5-13-10(18)7-3-12-4-8(15-7)16-11/h3-4,6H,5,11H2,1-2H3,(H,13,18)(H,14,17)(H,15,16). The number of nitrogens with two attached hydrogens (primary N) is 1. The quantitative estimate of drug-likeness (QED) is 0.394. The summed E-state index contributed by atoms with van der Waals surface area (Å²) in [5, 5.41) is 5.08. The van der Waals surface area contributed by atoms with Crippen LogP contribution < -0.4 is 21.9 Å². The van der Waals surface area contributed by atoms with Gasteiger partial charge in [-0.15, -0.1) is 0 Å². The molecule has 0 aliphatic carbocycles. The zero-order valence-corrected chi connectivity index (χ0v) is 10.2. The fourth-order valence-electron chi connectivity index (χ4n) is 1.17. The zero-order chi connectivity index (χ0) is 13.5. The average Bonchev–Trinajstić information content (AvgIpc) is 2.35. The van der Waals surface area contributed by atoms with Crippen molar-refractivity contribution in [3.05, 3.63) is 18.1 Å². The van der Waals surface area contributed by atoms with Crippen LogP contribution in [0.2, 0.25) is 0 Å². The third-order valence-corrected chi connectivity index (χ3v) is 1.87. The van der Waals surface area contributed by atoms with Gasteiger partial charge in [-0.1, -0.05) is 0 Å². The van der Waals surface area contributed by atoms with Crippen LogP contribution >= 0.6 is 0 Å². The molecular formula is C10H16N6O2. The summed E-state index contributed by atoms with van der Waals surface area (Å²) >= 11 is 0. The number of hydrazine groups is 1. The molecule has 0 aliphatic heterocycles. The summed E-state index contributed by atoms with van der Waals surface area (Å²) in [6.07, 6.45) is 2.67. The van der Waals surface area contributed by atoms with Gasteiger partial charge in [0.2, 0.25) is 5.91 Å². The highest BCUT2D eigenvalue weighted by Gasteiger charge is 2.10. The van der Waals surface area contributed by atoms with Gasteiger partial charge in [0, 0.05) is 6.04 Å². The second-order valence-corrected chi connectivity index (χ2v) is 3.84. The van der Waals surface area contributed by atoms with Crippen LogP contribution in [-0.2, 0) is 4.79 Å². The number of nitrogen functional groups attached to an aromatic ring is 1. The number of carbonyl (C=O) groups excluding carboxylic acids is 2. The highest BCUT2D eigenvalue weighted by molar-refractivity contribution is 5.94. The summed E-state index contributed by atoms with van der Waals surface area (Å²) in [6, 6.07) is 0.0268. The molecule has 1 heterocycles. The number of rotatable bonds is 5. The molecule has 5 N–H and O–H groups in total. The van der Waals surface area contributed by atoms with Gasteiger partial charge in [-0.05, 0) is 13.8 Å². The van der Waals surface area contributed by atoms with E-state index in [1.807, 2.05) is 13.8 Å². The van der Waals surface area contributed by atoms with E-state index in [1.54, 1.807) is 0 Å². The van der Waals surface area contributed by atoms with Crippen LogP contribution in [0.3, 0.4) is 0 Å². The summed E-state index contributed by atoms with van der Waals surface area (Å²) in [7, 11) is 0. The van der Waals surface area contributed by atoms with E-state index in [1.165, 1.54) is 12.4 Å². The minimum Gasteiger partial charge on any atom is -0.352 e. The van der Waals surface area contributed by atoms with E-state index in [0.29, 0.717) is 0 Å². The van der Waals surface area contributed by atoms with Crippen molar-refractivity contribution in [3.63, 3.8) is 0 Å². The van der Waals surface area contributed by atoms with E-state index < -0.39 is 5.91 Å². The van der Waals surface area contributed by atoms with Crippen LogP contribution in [0, 0.1) is 0 Å². The highest BCUT2D eigenvalue weighted by atomic mass is 16.2. The maximum Gasteiger partial charge on any atom is 0.272 e. The first kappa shape index (κ1) is 13.8. The molecule has 0 aromatic carbocycles. The van der Waals surface area contributed by atoms with Gasteiger partial charge < -0.3 is 16.1 Å². The second kappa shape index (κ2) is 6.50. The van der Waals surface area contributed by atoms with Crippen molar-refractivity contribution >= 4 is 17.6 Å². The predicted molar refractivity (Wildman–Crippen MR) is 65.5 cm³/mol. The lowest BCUT2D eigenvalue weighted by atomic mass is 10.3. The monoisotopic (exact) mass is 252 g/mol. The Morgan fingerprint density at radius 2 is 2.11 bits per heavy atom. The second-order valence-electron chi connectivity index (χ2n) is 3.84. The maximum absolute atomic E-state index is 11.6. The Hall–Kier alpha value is -2.22. The normalized spacial score (nSPS) is 10.0. The van der Waals surface area contributed by atoms with E-state index in [4.69, 9.17) is 5.84 Å². The Labute approximate surface area is 104 Å². The van der Waals surface area contributed by atoms with Gasteiger partial charge in [0.1, 0.15) is 5.69 Å². The van der Waals surface area contributed by atoms with Crippen molar-refractivity contribution < 1.29 is 9.59 Å². The molecule has 0 unspecified atom stereocenters. The molecule has 2 amide bonds. The molecule has 0 saturated carbocycles. The Morgan fingerprint density at radius 3 is 2.72 bits per heavy atom. The predicted octanol–water partition coefficient (Wildman–Crippen LogP) is -0.983. The molecule has 0 fully saturated rings. The molecule has 0 atom stereocenters. The Morgan fingerprint density at radius 1 is 1.39 bits per heavy atom. The van der Waals surface area contributed by atoms with Crippen molar-refractivity contribution in [2.24, 2.45) is 5.84 Å². The first-order chi connectivity index (χ1) is 8.52. The minimum absolute atomic E-state index is 0.0268. The molecule has 1 aromatic rings. The molecule has 1 rings (SSSR count). The van der Waals surface area contributed by atoms with Crippen LogP contribution in [0.1, 0.15) is 24.3 Å². The van der Waals surface area contributed by atoms with E-state index in [-0.39, 0.29) is 30.0 Å². The Balaban J connectivity index is 2.52. The van der Waals surface area contributed by atoms with Gasteiger partial charge in [0.05, 0.1) is 18.9 Å². The number of carbonyl (C=O) groups is 2. The van der Waals surface area contributed by atoms with Crippen molar-refractivity contribution in [1.29, 1.82) is 0 Å². The zero-order valence-electron chi connectivity index (χ0n) is 10.2. The maximum atomic E-state index is 11.6. The molecule has 8 heteroatoms. The van der Waals surface area contributed by atoms with Crippen LogP contribution in [0.15, 0.2) is 12.4 Å². The van der Waals surface area contributed by atoms with Gasteiger partial charge in [-0.3, -0.25) is 14.6 Å². The molecule has 1 aromatic heterocycles. The first-order valence-electron chi connectivity index (χ1n) is 5.39. The molecule has 18 heavy (non-hydrogen) atoms.